The highest BCUT2D eigenvalue weighted by molar-refractivity contribution is 9.10. The number of hydrogen-bond acceptors (Lipinski definition) is 6. The molecule has 1 aromatic heterocycles. The molecule has 0 radical (unpaired) electrons. The van der Waals surface area contributed by atoms with E-state index in [9.17, 15) is 0 Å². The topological polar surface area (TPSA) is 96.9 Å². The fourth-order valence-electron chi connectivity index (χ4n) is 2.60. The maximum absolute atomic E-state index is 7.68. The number of nitrogen functional groups attached to an aromatic ring is 1. The first-order valence-corrected chi connectivity index (χ1v) is 9.25. The van der Waals surface area contributed by atoms with Crippen molar-refractivity contribution in [3.8, 4) is 17.0 Å². The van der Waals surface area contributed by atoms with Gasteiger partial charge in [-0.3, -0.25) is 0 Å². The first-order valence-electron chi connectivity index (χ1n) is 8.46. The minimum atomic E-state index is 0.171. The summed E-state index contributed by atoms with van der Waals surface area (Å²) in [5.41, 5.74) is 9.68. The molecule has 138 valence electrons. The molecule has 27 heavy (non-hydrogen) atoms. The van der Waals surface area contributed by atoms with E-state index in [1.807, 2.05) is 55.5 Å². The van der Waals surface area contributed by atoms with Crippen LogP contribution in [0.4, 0.5) is 17.5 Å². The van der Waals surface area contributed by atoms with Crippen molar-refractivity contribution in [3.63, 3.8) is 0 Å². The number of benzene rings is 2. The summed E-state index contributed by atoms with van der Waals surface area (Å²) in [4.78, 5) is 8.64. The number of nitrogens with zero attached hydrogens (tertiary/aromatic N) is 2. The molecular weight excluding hydrogens is 406 g/mol. The maximum Gasteiger partial charge on any atom is 0.222 e. The molecule has 0 saturated carbocycles. The van der Waals surface area contributed by atoms with Crippen molar-refractivity contribution in [1.29, 1.82) is 5.41 Å². The van der Waals surface area contributed by atoms with Gasteiger partial charge in [0.1, 0.15) is 11.6 Å². The molecule has 0 bridgehead atoms. The number of nitrogens with two attached hydrogens (primary N) is 1. The summed E-state index contributed by atoms with van der Waals surface area (Å²) in [6.07, 6.45) is 0. The van der Waals surface area contributed by atoms with Crippen LogP contribution in [0.2, 0.25) is 0 Å². The summed E-state index contributed by atoms with van der Waals surface area (Å²) in [6, 6.07) is 15.2. The summed E-state index contributed by atoms with van der Waals surface area (Å²) in [5.74, 6) is 1.49. The number of ether oxygens (including phenoxy) is 1. The molecule has 0 aliphatic carbocycles. The number of anilines is 3. The molecule has 0 saturated heterocycles. The van der Waals surface area contributed by atoms with E-state index >= 15 is 0 Å². The standard InChI is InChI=1S/C20H20BrN5O/c1-3-27-18-9-6-14(21)10-16(18)17-11-19(26-20(23)25-17)24-15-7-4-13(5-8-15)12(2)22/h4-11,22H,3H2,1-2H3,(H3,23,24,25,26). The van der Waals surface area contributed by atoms with E-state index < -0.39 is 0 Å². The van der Waals surface area contributed by atoms with Crippen molar-refractivity contribution < 1.29 is 4.74 Å². The Hall–Kier alpha value is -2.93. The van der Waals surface area contributed by atoms with E-state index in [4.69, 9.17) is 15.9 Å². The van der Waals surface area contributed by atoms with Gasteiger partial charge in [-0.25, -0.2) is 4.98 Å². The van der Waals surface area contributed by atoms with Gasteiger partial charge in [0.05, 0.1) is 12.3 Å². The molecule has 0 aliphatic rings. The smallest absolute Gasteiger partial charge is 0.222 e. The highest BCUT2D eigenvalue weighted by atomic mass is 79.9. The van der Waals surface area contributed by atoms with Gasteiger partial charge in [0.2, 0.25) is 5.95 Å². The molecule has 0 amide bonds. The molecule has 1 heterocycles. The van der Waals surface area contributed by atoms with Gasteiger partial charge in [-0.15, -0.1) is 0 Å². The van der Waals surface area contributed by atoms with Crippen LogP contribution in [-0.2, 0) is 0 Å². The van der Waals surface area contributed by atoms with Crippen LogP contribution in [0.3, 0.4) is 0 Å². The monoisotopic (exact) mass is 425 g/mol. The Balaban J connectivity index is 1.95. The van der Waals surface area contributed by atoms with Crippen molar-refractivity contribution in [1.82, 2.24) is 9.97 Å². The van der Waals surface area contributed by atoms with E-state index in [1.165, 1.54) is 0 Å². The number of nitrogens with one attached hydrogen (secondary N) is 2. The predicted octanol–water partition coefficient (Wildman–Crippen LogP) is 5.02. The predicted molar refractivity (Wildman–Crippen MR) is 113 cm³/mol. The van der Waals surface area contributed by atoms with Crippen LogP contribution >= 0.6 is 15.9 Å². The third kappa shape index (κ3) is 4.62. The van der Waals surface area contributed by atoms with Crippen LogP contribution in [0.1, 0.15) is 19.4 Å². The molecule has 3 rings (SSSR count). The second kappa shape index (κ2) is 8.18. The molecule has 0 spiro atoms. The average Bonchev–Trinajstić information content (AvgIpc) is 2.63. The lowest BCUT2D eigenvalue weighted by Crippen LogP contribution is -2.03. The summed E-state index contributed by atoms with van der Waals surface area (Å²) in [7, 11) is 0. The van der Waals surface area contributed by atoms with Gasteiger partial charge in [0.15, 0.2) is 0 Å². The fraction of sp³-hybridized carbons (Fsp3) is 0.150. The first kappa shape index (κ1) is 18.8. The van der Waals surface area contributed by atoms with Gasteiger partial charge in [0, 0.05) is 27.5 Å². The summed E-state index contributed by atoms with van der Waals surface area (Å²) >= 11 is 3.49. The second-order valence-electron chi connectivity index (χ2n) is 5.90. The molecular formula is C20H20BrN5O. The van der Waals surface area contributed by atoms with E-state index in [0.29, 0.717) is 23.8 Å². The summed E-state index contributed by atoms with van der Waals surface area (Å²) < 4.78 is 6.64. The lowest BCUT2D eigenvalue weighted by Gasteiger charge is -2.13. The van der Waals surface area contributed by atoms with Crippen LogP contribution in [0.15, 0.2) is 53.0 Å². The highest BCUT2D eigenvalue weighted by Crippen LogP contribution is 2.33. The van der Waals surface area contributed by atoms with Crippen LogP contribution in [0, 0.1) is 5.41 Å². The Labute approximate surface area is 166 Å². The van der Waals surface area contributed by atoms with E-state index in [2.05, 4.69) is 31.2 Å². The summed E-state index contributed by atoms with van der Waals surface area (Å²) in [5, 5.41) is 10.9. The first-order chi connectivity index (χ1) is 13.0. The van der Waals surface area contributed by atoms with Crippen molar-refractivity contribution >= 4 is 39.1 Å². The zero-order valence-corrected chi connectivity index (χ0v) is 16.7. The van der Waals surface area contributed by atoms with Crippen LogP contribution in [-0.4, -0.2) is 22.3 Å². The quantitative estimate of drug-likeness (QED) is 0.481. The third-order valence-corrected chi connectivity index (χ3v) is 4.34. The maximum atomic E-state index is 7.68. The van der Waals surface area contributed by atoms with E-state index in [1.54, 1.807) is 6.92 Å². The molecule has 6 nitrogen and oxygen atoms in total. The van der Waals surface area contributed by atoms with E-state index in [0.717, 1.165) is 27.0 Å². The Kier molecular flexibility index (Phi) is 5.71. The zero-order valence-electron chi connectivity index (χ0n) is 15.1. The second-order valence-corrected chi connectivity index (χ2v) is 6.81. The highest BCUT2D eigenvalue weighted by Gasteiger charge is 2.12. The molecule has 0 atom stereocenters. The van der Waals surface area contributed by atoms with Gasteiger partial charge in [-0.05, 0) is 49.7 Å². The Morgan fingerprint density at radius 3 is 2.56 bits per heavy atom. The normalized spacial score (nSPS) is 10.5. The fourth-order valence-corrected chi connectivity index (χ4v) is 2.96. The van der Waals surface area contributed by atoms with Crippen molar-refractivity contribution in [2.45, 2.75) is 13.8 Å². The molecule has 0 fully saturated rings. The number of halogens is 1. The lowest BCUT2D eigenvalue weighted by molar-refractivity contribution is 0.341. The average molecular weight is 426 g/mol. The minimum absolute atomic E-state index is 0.171. The van der Waals surface area contributed by atoms with Crippen LogP contribution in [0.5, 0.6) is 5.75 Å². The van der Waals surface area contributed by atoms with Gasteiger partial charge >= 0.3 is 0 Å². The molecule has 0 unspecified atom stereocenters. The van der Waals surface area contributed by atoms with Gasteiger partial charge < -0.3 is 21.2 Å². The number of aromatic nitrogens is 2. The minimum Gasteiger partial charge on any atom is -0.493 e. The molecule has 3 aromatic rings. The van der Waals surface area contributed by atoms with Crippen LogP contribution in [0.25, 0.3) is 11.3 Å². The molecule has 2 aromatic carbocycles. The number of hydrogen-bond donors (Lipinski definition) is 3. The van der Waals surface area contributed by atoms with Crippen LogP contribution < -0.4 is 15.8 Å². The van der Waals surface area contributed by atoms with Gasteiger partial charge in [-0.2, -0.15) is 4.98 Å². The largest absolute Gasteiger partial charge is 0.493 e. The zero-order chi connectivity index (χ0) is 19.4. The van der Waals surface area contributed by atoms with E-state index in [-0.39, 0.29) is 5.95 Å². The number of rotatable bonds is 6. The van der Waals surface area contributed by atoms with Crippen molar-refractivity contribution in [2.24, 2.45) is 0 Å². The molecule has 4 N–H and O–H groups in total. The third-order valence-electron chi connectivity index (χ3n) is 3.85. The molecule has 7 heteroatoms. The summed E-state index contributed by atoms with van der Waals surface area (Å²) in [6.45, 7) is 4.25. The molecule has 0 aliphatic heterocycles. The van der Waals surface area contributed by atoms with Crippen molar-refractivity contribution in [3.05, 3.63) is 58.6 Å². The Morgan fingerprint density at radius 2 is 1.89 bits per heavy atom. The van der Waals surface area contributed by atoms with Gasteiger partial charge in [-0.1, -0.05) is 28.1 Å². The Bertz CT molecular complexity index is 973. The lowest BCUT2D eigenvalue weighted by atomic mass is 10.1. The SMILES string of the molecule is CCOc1ccc(Br)cc1-c1cc(Nc2ccc(C(C)=N)cc2)nc(N)n1. The van der Waals surface area contributed by atoms with Crippen molar-refractivity contribution in [2.75, 3.05) is 17.7 Å². The Morgan fingerprint density at radius 1 is 1.15 bits per heavy atom. The van der Waals surface area contributed by atoms with Gasteiger partial charge in [0.25, 0.3) is 0 Å².